The Morgan fingerprint density at radius 1 is 1.46 bits per heavy atom. The Hall–Kier alpha value is -0.770. The average Bonchev–Trinajstić information content (AvgIpc) is 1.93. The van der Waals surface area contributed by atoms with Crippen LogP contribution in [0.3, 0.4) is 0 Å². The summed E-state index contributed by atoms with van der Waals surface area (Å²) in [5.74, 6) is 0.738. The standard InChI is InChI=1S/C8H15N3O.ClH/c1-11(2)8(6-9-12)10-7-4-3-5-7;/h6-7,12H,3-5H2,1-2H3;1H/b9-6+,10-8+;. The van der Waals surface area contributed by atoms with Crippen LogP contribution in [0.5, 0.6) is 0 Å². The topological polar surface area (TPSA) is 48.2 Å². The van der Waals surface area contributed by atoms with E-state index in [1.807, 2.05) is 19.0 Å². The van der Waals surface area contributed by atoms with Crippen molar-refractivity contribution >= 4 is 24.5 Å². The summed E-state index contributed by atoms with van der Waals surface area (Å²) in [4.78, 5) is 6.25. The van der Waals surface area contributed by atoms with Gasteiger partial charge < -0.3 is 10.1 Å². The van der Waals surface area contributed by atoms with Gasteiger partial charge in [0.1, 0.15) is 12.1 Å². The molecule has 0 radical (unpaired) electrons. The molecule has 4 nitrogen and oxygen atoms in total. The van der Waals surface area contributed by atoms with Gasteiger partial charge in [-0.25, -0.2) is 0 Å². The van der Waals surface area contributed by atoms with Crippen LogP contribution in [0.25, 0.3) is 0 Å². The lowest BCUT2D eigenvalue weighted by Gasteiger charge is -2.23. The van der Waals surface area contributed by atoms with Gasteiger partial charge in [-0.2, -0.15) is 0 Å². The second kappa shape index (κ2) is 5.80. The van der Waals surface area contributed by atoms with Gasteiger partial charge in [-0.3, -0.25) is 4.99 Å². The van der Waals surface area contributed by atoms with Crippen molar-refractivity contribution in [3.63, 3.8) is 0 Å². The molecule has 0 aromatic rings. The van der Waals surface area contributed by atoms with Crippen LogP contribution in [0.1, 0.15) is 19.3 Å². The smallest absolute Gasteiger partial charge is 0.145 e. The third kappa shape index (κ3) is 3.63. The monoisotopic (exact) mass is 205 g/mol. The minimum Gasteiger partial charge on any atom is -0.411 e. The first-order valence-corrected chi connectivity index (χ1v) is 4.16. The molecular formula is C8H16ClN3O. The van der Waals surface area contributed by atoms with Crippen LogP contribution in [0.4, 0.5) is 0 Å². The summed E-state index contributed by atoms with van der Waals surface area (Å²) in [6.07, 6.45) is 4.97. The number of hydrogen-bond acceptors (Lipinski definition) is 3. The van der Waals surface area contributed by atoms with Crippen molar-refractivity contribution in [3.05, 3.63) is 0 Å². The van der Waals surface area contributed by atoms with E-state index >= 15 is 0 Å². The normalized spacial score (nSPS) is 18.2. The first-order chi connectivity index (χ1) is 5.74. The van der Waals surface area contributed by atoms with Gasteiger partial charge in [0.05, 0.1) is 6.04 Å². The Morgan fingerprint density at radius 3 is 2.38 bits per heavy atom. The Bertz CT molecular complexity index is 200. The molecule has 76 valence electrons. The van der Waals surface area contributed by atoms with Crippen LogP contribution in [0.2, 0.25) is 0 Å². The van der Waals surface area contributed by atoms with Gasteiger partial charge in [-0.05, 0) is 19.3 Å². The summed E-state index contributed by atoms with van der Waals surface area (Å²) < 4.78 is 0. The van der Waals surface area contributed by atoms with E-state index in [9.17, 15) is 0 Å². The molecule has 0 aromatic heterocycles. The molecule has 1 aliphatic rings. The van der Waals surface area contributed by atoms with E-state index in [1.54, 1.807) is 0 Å². The number of aliphatic imine (C=N–C) groups is 1. The summed E-state index contributed by atoms with van der Waals surface area (Å²) >= 11 is 0. The molecule has 0 heterocycles. The number of hydrogen-bond donors (Lipinski definition) is 1. The molecule has 0 atom stereocenters. The van der Waals surface area contributed by atoms with E-state index < -0.39 is 0 Å². The van der Waals surface area contributed by atoms with Crippen molar-refractivity contribution in [2.24, 2.45) is 10.1 Å². The van der Waals surface area contributed by atoms with Crippen molar-refractivity contribution in [2.75, 3.05) is 14.1 Å². The molecular weight excluding hydrogens is 190 g/mol. The zero-order valence-corrected chi connectivity index (χ0v) is 8.79. The Kier molecular flexibility index (Phi) is 5.46. The van der Waals surface area contributed by atoms with Gasteiger partial charge in [0, 0.05) is 14.1 Å². The van der Waals surface area contributed by atoms with Crippen LogP contribution in [0.15, 0.2) is 10.1 Å². The van der Waals surface area contributed by atoms with Crippen LogP contribution < -0.4 is 0 Å². The SMILES string of the molecule is CN(C)C(/C=N/O)=N/C1CCC1.Cl. The molecule has 0 amide bonds. The predicted octanol–water partition coefficient (Wildman–Crippen LogP) is 1.38. The molecule has 0 saturated heterocycles. The van der Waals surface area contributed by atoms with Crippen molar-refractivity contribution in [1.29, 1.82) is 0 Å². The van der Waals surface area contributed by atoms with Gasteiger partial charge in [0.25, 0.3) is 0 Å². The number of rotatable bonds is 2. The predicted molar refractivity (Wildman–Crippen MR) is 56.3 cm³/mol. The fraction of sp³-hybridized carbons (Fsp3) is 0.750. The molecule has 1 N–H and O–H groups in total. The fourth-order valence-corrected chi connectivity index (χ4v) is 1.02. The molecule has 13 heavy (non-hydrogen) atoms. The molecule has 0 aliphatic heterocycles. The largest absolute Gasteiger partial charge is 0.411 e. The van der Waals surface area contributed by atoms with E-state index in [4.69, 9.17) is 5.21 Å². The molecule has 1 rings (SSSR count). The van der Waals surface area contributed by atoms with Crippen molar-refractivity contribution < 1.29 is 5.21 Å². The minimum atomic E-state index is 0. The van der Waals surface area contributed by atoms with E-state index in [-0.39, 0.29) is 12.4 Å². The first kappa shape index (κ1) is 12.2. The highest BCUT2D eigenvalue weighted by Crippen LogP contribution is 2.21. The third-order valence-electron chi connectivity index (χ3n) is 2.02. The van der Waals surface area contributed by atoms with Gasteiger partial charge >= 0.3 is 0 Å². The summed E-state index contributed by atoms with van der Waals surface area (Å²) in [6, 6.07) is 0.445. The van der Waals surface area contributed by atoms with E-state index in [1.165, 1.54) is 12.6 Å². The second-order valence-electron chi connectivity index (χ2n) is 3.21. The third-order valence-corrected chi connectivity index (χ3v) is 2.02. The first-order valence-electron chi connectivity index (χ1n) is 4.16. The maximum atomic E-state index is 8.35. The van der Waals surface area contributed by atoms with Crippen LogP contribution in [-0.4, -0.2) is 42.3 Å². The van der Waals surface area contributed by atoms with Crippen molar-refractivity contribution in [3.8, 4) is 0 Å². The molecule has 0 bridgehead atoms. The number of amidine groups is 1. The van der Waals surface area contributed by atoms with Crippen LogP contribution in [-0.2, 0) is 0 Å². The summed E-state index contributed by atoms with van der Waals surface area (Å²) in [5, 5.41) is 11.3. The maximum Gasteiger partial charge on any atom is 0.145 e. The summed E-state index contributed by atoms with van der Waals surface area (Å²) in [6.45, 7) is 0. The fourth-order valence-electron chi connectivity index (χ4n) is 1.02. The Morgan fingerprint density at radius 2 is 2.08 bits per heavy atom. The lowest BCUT2D eigenvalue weighted by atomic mass is 9.94. The van der Waals surface area contributed by atoms with E-state index in [0.29, 0.717) is 6.04 Å². The molecule has 0 aromatic carbocycles. The average molecular weight is 206 g/mol. The molecule has 0 unspecified atom stereocenters. The van der Waals surface area contributed by atoms with Gasteiger partial charge in [0.2, 0.25) is 0 Å². The number of nitrogens with zero attached hydrogens (tertiary/aromatic N) is 3. The number of halogens is 1. The highest BCUT2D eigenvalue weighted by molar-refractivity contribution is 6.29. The van der Waals surface area contributed by atoms with Gasteiger partial charge in [0.15, 0.2) is 0 Å². The van der Waals surface area contributed by atoms with Crippen LogP contribution >= 0.6 is 12.4 Å². The highest BCUT2D eigenvalue weighted by atomic mass is 35.5. The maximum absolute atomic E-state index is 8.35. The zero-order chi connectivity index (χ0) is 8.97. The lowest BCUT2D eigenvalue weighted by molar-refractivity contribution is 0.322. The van der Waals surface area contributed by atoms with E-state index in [2.05, 4.69) is 10.1 Å². The molecule has 1 fully saturated rings. The van der Waals surface area contributed by atoms with Gasteiger partial charge in [-0.15, -0.1) is 12.4 Å². The van der Waals surface area contributed by atoms with Crippen molar-refractivity contribution in [2.45, 2.75) is 25.3 Å². The Balaban J connectivity index is 0.00000144. The summed E-state index contributed by atoms with van der Waals surface area (Å²) in [7, 11) is 3.78. The molecule has 1 aliphatic carbocycles. The Labute approximate surface area is 84.7 Å². The quantitative estimate of drug-likeness (QED) is 0.321. The summed E-state index contributed by atoms with van der Waals surface area (Å²) in [5.41, 5.74) is 0. The second-order valence-corrected chi connectivity index (χ2v) is 3.21. The minimum absolute atomic E-state index is 0. The van der Waals surface area contributed by atoms with Crippen LogP contribution in [0, 0.1) is 0 Å². The lowest BCUT2D eigenvalue weighted by Crippen LogP contribution is -2.27. The van der Waals surface area contributed by atoms with Crippen molar-refractivity contribution in [1.82, 2.24) is 4.90 Å². The zero-order valence-electron chi connectivity index (χ0n) is 7.97. The van der Waals surface area contributed by atoms with Gasteiger partial charge in [-0.1, -0.05) is 5.16 Å². The number of oxime groups is 1. The van der Waals surface area contributed by atoms with E-state index in [0.717, 1.165) is 18.7 Å². The molecule has 1 saturated carbocycles. The highest BCUT2D eigenvalue weighted by Gasteiger charge is 2.16. The molecule has 5 heteroatoms. The molecule has 0 spiro atoms.